The van der Waals surface area contributed by atoms with Crippen LogP contribution in [0, 0.1) is 16.7 Å². The van der Waals surface area contributed by atoms with E-state index in [2.05, 4.69) is 27.1 Å². The molecule has 4 N–H and O–H groups in total. The van der Waals surface area contributed by atoms with Crippen molar-refractivity contribution in [2.75, 3.05) is 70.0 Å². The number of esters is 4. The number of carbonyl (C=O) groups excluding carboxylic acids is 4. The molecule has 1 fully saturated rings. The van der Waals surface area contributed by atoms with Gasteiger partial charge in [-0.2, -0.15) is 29.7 Å². The number of nitrogens with zero attached hydrogens (tertiary/aromatic N) is 2. The number of aliphatic imine (C=N–C) groups is 1. The summed E-state index contributed by atoms with van der Waals surface area (Å²) in [6.45, 7) is 14.4. The molecule has 0 aromatic rings. The number of halogens is 1. The minimum atomic E-state index is -0.449. The molecule has 2 rings (SSSR count). The molecule has 0 saturated carbocycles. The second-order valence-corrected chi connectivity index (χ2v) is 11.6. The summed E-state index contributed by atoms with van der Waals surface area (Å²) in [7, 11) is 0. The minimum Gasteiger partial charge on any atom is -0.481 e. The van der Waals surface area contributed by atoms with Crippen LogP contribution in [0.25, 0.3) is 0 Å². The number of thiol groups is 1. The van der Waals surface area contributed by atoms with Crippen LogP contribution >= 0.6 is 48.6 Å². The minimum absolute atomic E-state index is 0. The number of aliphatic hydroxyl groups excluding tert-OH is 1. The lowest BCUT2D eigenvalue weighted by Gasteiger charge is -2.06. The molecule has 2 aliphatic rings. The Balaban J connectivity index is -0.000000120. The van der Waals surface area contributed by atoms with Crippen LogP contribution in [0.1, 0.15) is 87.5 Å². The van der Waals surface area contributed by atoms with Gasteiger partial charge < -0.3 is 34.5 Å². The molecule has 1 unspecified atom stereocenters. The molecule has 0 aliphatic carbocycles. The predicted octanol–water partition coefficient (Wildman–Crippen LogP) is 5.27. The maximum absolute atomic E-state index is 11.0. The van der Waals surface area contributed by atoms with Gasteiger partial charge in [0, 0.05) is 36.5 Å². The average molecular weight is 796 g/mol. The summed E-state index contributed by atoms with van der Waals surface area (Å²) in [5, 5.41) is 24.0. The van der Waals surface area contributed by atoms with Crippen LogP contribution in [0.5, 0.6) is 0 Å². The first-order chi connectivity index (χ1) is 23.0. The maximum atomic E-state index is 11.0. The summed E-state index contributed by atoms with van der Waals surface area (Å²) >= 11 is 7.34. The van der Waals surface area contributed by atoms with Crippen LogP contribution < -0.4 is 5.73 Å². The van der Waals surface area contributed by atoms with Crippen molar-refractivity contribution in [3.8, 4) is 6.07 Å². The number of nitrogens with one attached hydrogen (secondary N) is 1. The van der Waals surface area contributed by atoms with Gasteiger partial charge in [0.2, 0.25) is 0 Å². The van der Waals surface area contributed by atoms with E-state index in [-0.39, 0.29) is 57.1 Å². The molecule has 0 spiro atoms. The topological polar surface area (TPSA) is 221 Å². The zero-order valence-electron chi connectivity index (χ0n) is 29.9. The highest BCUT2D eigenvalue weighted by Gasteiger charge is 2.19. The van der Waals surface area contributed by atoms with E-state index in [0.29, 0.717) is 57.7 Å². The largest absolute Gasteiger partial charge is 0.481 e. The van der Waals surface area contributed by atoms with E-state index in [0.717, 1.165) is 23.1 Å². The Kier molecular flexibility index (Phi) is 58.6. The molecule has 0 bridgehead atoms. The lowest BCUT2D eigenvalue weighted by molar-refractivity contribution is -0.143. The van der Waals surface area contributed by atoms with Gasteiger partial charge in [-0.25, -0.2) is 0 Å². The Morgan fingerprint density at radius 2 is 1.40 bits per heavy atom. The zero-order valence-corrected chi connectivity index (χ0v) is 33.2. The number of nitrogens with two attached hydrogens (primary N) is 1. The second kappa shape index (κ2) is 48.9. The van der Waals surface area contributed by atoms with Gasteiger partial charge in [0.05, 0.1) is 57.0 Å². The lowest BCUT2D eigenvalue weighted by Crippen LogP contribution is -2.12. The van der Waals surface area contributed by atoms with Gasteiger partial charge in [-0.05, 0) is 60.1 Å². The number of carbonyl (C=O) groups is 4. The third-order valence-corrected chi connectivity index (χ3v) is 7.21. The molecule has 296 valence electrons. The first-order valence-electron chi connectivity index (χ1n) is 15.9. The van der Waals surface area contributed by atoms with Gasteiger partial charge >= 0.3 is 23.9 Å². The van der Waals surface area contributed by atoms with E-state index >= 15 is 0 Å². The van der Waals surface area contributed by atoms with Crippen molar-refractivity contribution in [3.05, 3.63) is 0 Å². The number of aliphatic hydroxyl groups is 1. The van der Waals surface area contributed by atoms with Crippen molar-refractivity contribution < 1.29 is 48.0 Å². The highest BCUT2D eigenvalue weighted by atomic mass is 35.5. The van der Waals surface area contributed by atoms with Crippen LogP contribution in [0.4, 0.5) is 0 Å². The molecule has 0 radical (unpaired) electrons. The fourth-order valence-electron chi connectivity index (χ4n) is 2.88. The average Bonchev–Trinajstić information content (AvgIpc) is 3.74. The summed E-state index contributed by atoms with van der Waals surface area (Å²) < 4.78 is 23.4. The molecule has 1 atom stereocenters. The van der Waals surface area contributed by atoms with Gasteiger partial charge in [-0.15, -0.1) is 24.2 Å². The Morgan fingerprint density at radius 1 is 0.920 bits per heavy atom. The van der Waals surface area contributed by atoms with Crippen LogP contribution in [0.15, 0.2) is 4.99 Å². The first kappa shape index (κ1) is 59.9. The summed E-state index contributed by atoms with van der Waals surface area (Å²) in [6, 6.07) is 1.68. The van der Waals surface area contributed by atoms with Crippen molar-refractivity contribution >= 4 is 83.4 Å². The lowest BCUT2D eigenvalue weighted by atomic mass is 10.2. The zero-order chi connectivity index (χ0) is 37.4. The van der Waals surface area contributed by atoms with Gasteiger partial charge in [-0.1, -0.05) is 7.43 Å². The van der Waals surface area contributed by atoms with Crippen molar-refractivity contribution in [3.63, 3.8) is 0 Å². The smallest absolute Gasteiger partial charge is 0.320 e. The van der Waals surface area contributed by atoms with Crippen LogP contribution in [-0.4, -0.2) is 115 Å². The number of rotatable bonds is 13. The highest BCUT2D eigenvalue weighted by Crippen LogP contribution is 2.28. The van der Waals surface area contributed by atoms with Crippen molar-refractivity contribution in [2.24, 2.45) is 10.7 Å². The number of hydrogen-bond acceptors (Lipinski definition) is 17. The Bertz CT molecular complexity index is 890. The quantitative estimate of drug-likeness (QED) is 0.0614. The maximum Gasteiger partial charge on any atom is 0.320 e. The summed E-state index contributed by atoms with van der Waals surface area (Å²) in [6.07, 6.45) is 3.20. The molecular formula is C32H63ClN4O10S3. The van der Waals surface area contributed by atoms with Crippen molar-refractivity contribution in [2.45, 2.75) is 92.7 Å². The summed E-state index contributed by atoms with van der Waals surface area (Å²) in [5.41, 5.74) is 4.95. The van der Waals surface area contributed by atoms with Crippen LogP contribution in [0.3, 0.4) is 0 Å². The molecule has 14 nitrogen and oxygen atoms in total. The summed E-state index contributed by atoms with van der Waals surface area (Å²) in [5.74, 6) is 1.91. The third kappa shape index (κ3) is 50.2. The second-order valence-electron chi connectivity index (χ2n) is 8.56. The van der Waals surface area contributed by atoms with Crippen molar-refractivity contribution in [1.82, 2.24) is 0 Å². The van der Waals surface area contributed by atoms with E-state index in [1.165, 1.54) is 18.6 Å². The van der Waals surface area contributed by atoms with E-state index in [1.54, 1.807) is 45.5 Å². The number of ether oxygens (including phenoxy) is 5. The standard InChI is InChI=1S/C8H14O2S.C7H13NO3.C7H11NO2S.C5H7NO2.C2H7NS.C2H6O.CH4.ClH/c1-2-10-8(9)6-7-4-3-5-11-7;1-3-10-6(8)5-7(9)11-4-2;1-2-10-7(9)5-6-8-3-4-11-6;1-2-8-5(7)3-4-6;3-1-2-4;1-2-3;;/h7H,2-6H2,1H3;8H,3-5H2,1-2H3;2-5H2,1H3;2-3H2,1H3;4H,1-3H2;3H,2H2,1H3;1H4;1H. The van der Waals surface area contributed by atoms with E-state index < -0.39 is 11.9 Å². The van der Waals surface area contributed by atoms with Gasteiger partial charge in [0.25, 0.3) is 0 Å². The van der Waals surface area contributed by atoms with E-state index in [9.17, 15) is 19.2 Å². The molecule has 0 amide bonds. The molecule has 2 aliphatic heterocycles. The Morgan fingerprint density at radius 3 is 1.80 bits per heavy atom. The summed E-state index contributed by atoms with van der Waals surface area (Å²) in [4.78, 5) is 46.9. The van der Waals surface area contributed by atoms with Crippen molar-refractivity contribution in [1.29, 1.82) is 10.7 Å². The molecule has 0 aromatic heterocycles. The molecule has 50 heavy (non-hydrogen) atoms. The van der Waals surface area contributed by atoms with Crippen LogP contribution in [0.2, 0.25) is 0 Å². The molecule has 18 heteroatoms. The monoisotopic (exact) mass is 794 g/mol. The number of nitriles is 1. The highest BCUT2D eigenvalue weighted by molar-refractivity contribution is 8.14. The van der Waals surface area contributed by atoms with Gasteiger partial charge in [-0.3, -0.25) is 29.6 Å². The normalized spacial score (nSPS) is 12.9. The third-order valence-electron chi connectivity index (χ3n) is 4.56. The van der Waals surface area contributed by atoms with E-state index in [4.69, 9.17) is 35.7 Å². The first-order valence-corrected chi connectivity index (χ1v) is 18.6. The van der Waals surface area contributed by atoms with E-state index in [1.807, 2.05) is 25.6 Å². The number of thioether (sulfide) groups is 2. The van der Waals surface area contributed by atoms with Crippen LogP contribution in [-0.2, 0) is 42.9 Å². The predicted molar refractivity (Wildman–Crippen MR) is 210 cm³/mol. The fourth-order valence-corrected chi connectivity index (χ4v) is 4.95. The molecular weight excluding hydrogens is 732 g/mol. The Labute approximate surface area is 320 Å². The molecule has 0 aromatic carbocycles. The molecule has 2 heterocycles. The molecule has 1 saturated heterocycles. The number of hydrogen-bond donors (Lipinski definition) is 4. The fraction of sp³-hybridized carbons (Fsp3) is 0.781. The van der Waals surface area contributed by atoms with Gasteiger partial charge in [0.1, 0.15) is 12.8 Å². The Hall–Kier alpha value is -2.23. The SMILES string of the molecule is C.CCO.CCOC(=N)CC(=O)OCC.CCOC(=O)CC#N.CCOC(=O)CC1=NCCS1.CCOC(=O)CC1CCCS1.Cl.NCCS. The van der Waals surface area contributed by atoms with Gasteiger partial charge in [0.15, 0.2) is 5.90 Å².